The van der Waals surface area contributed by atoms with E-state index in [1.54, 1.807) is 0 Å². The van der Waals surface area contributed by atoms with E-state index in [0.29, 0.717) is 27.1 Å². The first-order chi connectivity index (χ1) is 52.3. The topological polar surface area (TPSA) is 77.8 Å². The summed E-state index contributed by atoms with van der Waals surface area (Å²) in [4.78, 5) is 0.895. The molecule has 534 valence electrons. The van der Waals surface area contributed by atoms with E-state index < -0.39 is 17.3 Å². The Hall–Kier alpha value is -10.6. The van der Waals surface area contributed by atoms with Gasteiger partial charge < -0.3 is 10.0 Å². The van der Waals surface area contributed by atoms with E-state index >= 15 is 4.21 Å². The molecule has 1 fully saturated rings. The Bertz CT molecular complexity index is 6690. The summed E-state index contributed by atoms with van der Waals surface area (Å²) < 4.78 is 28.8. The van der Waals surface area contributed by atoms with Crippen molar-refractivity contribution in [3.05, 3.63) is 300 Å². The lowest BCUT2D eigenvalue weighted by Gasteiger charge is -2.27. The molecule has 19 rings (SSSR count). The highest BCUT2D eigenvalue weighted by atomic mass is 32.3. The number of benzene rings is 16. The SMILES string of the molecule is CC[C@]1(CC2=CC(C)Cc3cc(-c4c5ccccc5c(B(O)O)c5cc(C(C)(C)C)ccc45)ccc32)C[C@@H]1c1ccc2cc(-c3c4ccccc4c(-c4ccc5c(c4)[S+](=O)(O)c4cc(-c6c7ccccc7c(-c7ccc8ccccc8c7)c7ccc(C(C)(C)C)cc67)ccc4-5)c4cc(C(C)(C)C)ccc34)ccc2c1. The van der Waals surface area contributed by atoms with Crippen molar-refractivity contribution in [2.75, 3.05) is 0 Å². The minimum Gasteiger partial charge on any atom is -0.423 e. The van der Waals surface area contributed by atoms with Crippen LogP contribution in [0.25, 0.3) is 159 Å². The molecule has 16 aromatic carbocycles. The van der Waals surface area contributed by atoms with Gasteiger partial charge in [0.2, 0.25) is 9.79 Å². The molecule has 4 atom stereocenters. The molecule has 0 bridgehead atoms. The smallest absolute Gasteiger partial charge is 0.423 e. The van der Waals surface area contributed by atoms with Gasteiger partial charge in [0.05, 0.1) is 0 Å². The molecule has 3 N–H and O–H groups in total. The summed E-state index contributed by atoms with van der Waals surface area (Å²) in [5.41, 5.74) is 22.0. The molecule has 1 saturated carbocycles. The van der Waals surface area contributed by atoms with Crippen LogP contribution in [0, 0.1) is 11.3 Å². The zero-order valence-electron chi connectivity index (χ0n) is 64.1. The van der Waals surface area contributed by atoms with Gasteiger partial charge in [-0.1, -0.05) is 299 Å². The van der Waals surface area contributed by atoms with E-state index in [4.69, 9.17) is 0 Å². The van der Waals surface area contributed by atoms with Crippen molar-refractivity contribution < 1.29 is 18.8 Å². The van der Waals surface area contributed by atoms with Crippen LogP contribution in [0.2, 0.25) is 0 Å². The van der Waals surface area contributed by atoms with E-state index in [1.165, 1.54) is 66.1 Å². The quantitative estimate of drug-likeness (QED) is 0.0724. The van der Waals surface area contributed by atoms with Crippen LogP contribution in [0.1, 0.15) is 135 Å². The summed E-state index contributed by atoms with van der Waals surface area (Å²) in [5.74, 6) is 0.828. The third kappa shape index (κ3) is 11.2. The van der Waals surface area contributed by atoms with Gasteiger partial charge in [-0.3, -0.25) is 0 Å². The minimum absolute atomic E-state index is 0.113. The lowest BCUT2D eigenvalue weighted by molar-refractivity contribution is 0.426. The van der Waals surface area contributed by atoms with Gasteiger partial charge in [0.1, 0.15) is 0 Å². The van der Waals surface area contributed by atoms with E-state index in [1.807, 2.05) is 24.3 Å². The molecule has 16 aromatic rings. The molecular formula is C103H90BO4S+. The van der Waals surface area contributed by atoms with Gasteiger partial charge in [-0.2, -0.15) is 4.55 Å². The van der Waals surface area contributed by atoms with Gasteiger partial charge in [-0.25, -0.2) is 0 Å². The van der Waals surface area contributed by atoms with Crippen molar-refractivity contribution in [3.8, 4) is 66.8 Å². The van der Waals surface area contributed by atoms with Gasteiger partial charge >= 0.3 is 7.12 Å². The van der Waals surface area contributed by atoms with Crippen molar-refractivity contribution in [1.29, 1.82) is 0 Å². The molecule has 2 unspecified atom stereocenters. The highest BCUT2D eigenvalue weighted by molar-refractivity contribution is 7.98. The highest BCUT2D eigenvalue weighted by Crippen LogP contribution is 2.66. The van der Waals surface area contributed by atoms with E-state index in [0.717, 1.165) is 152 Å². The zero-order chi connectivity index (χ0) is 75.1. The molecule has 0 aromatic heterocycles. The average Bonchev–Trinajstić information content (AvgIpc) is 1.72. The monoisotopic (exact) mass is 1430 g/mol. The molecule has 3 aliphatic rings. The van der Waals surface area contributed by atoms with Crippen LogP contribution in [0.5, 0.6) is 0 Å². The molecule has 0 spiro atoms. The number of allylic oxidation sites excluding steroid dienone is 2. The Kier molecular flexibility index (Phi) is 15.8. The first-order valence-corrected chi connectivity index (χ1v) is 40.6. The fourth-order valence-corrected chi connectivity index (χ4v) is 21.1. The second kappa shape index (κ2) is 25.0. The third-order valence-electron chi connectivity index (χ3n) is 25.2. The first-order valence-electron chi connectivity index (χ1n) is 39.1. The summed E-state index contributed by atoms with van der Waals surface area (Å²) in [6, 6.07) is 95.7. The summed E-state index contributed by atoms with van der Waals surface area (Å²) in [6.07, 6.45) is 6.79. The van der Waals surface area contributed by atoms with Crippen molar-refractivity contribution in [1.82, 2.24) is 0 Å². The standard InChI is InChI=1S/C103H89BO4S/c1-12-103(58-72-48-60(2)47-71-52-68(35-41-76(71)72)96-83-27-19-20-28-87(83)99(104(105)106)90-57-75(102(9,10)11)40-46-86(90)96)59-91(103)65-32-30-64-51-67(34-31-63(64)49-65)95-80-24-16-18-26-82(80)98(89-56-74(101(6,7)8)39-45-85(89)95)70-37-43-78-77-42-36-69(53-92(77)109(107,108)93(78)54-70)97-81-25-17-15-23-79(81)94(66-33-29-61-21-13-14-22-62(61)50-66)84-44-38-73(55-88(84)97)100(3,4)5/h13-46,48-57,60,91,105-106H,12,47,58-59H2,1-11H3/p+1/t60?,91-,103+/m1/s1. The molecule has 1 heterocycles. The Labute approximate surface area is 641 Å². The Balaban J connectivity index is 0.659. The lowest BCUT2D eigenvalue weighted by Crippen LogP contribution is -2.32. The van der Waals surface area contributed by atoms with Gasteiger partial charge in [0.25, 0.3) is 10.2 Å². The summed E-state index contributed by atoms with van der Waals surface area (Å²) in [5, 5.41) is 39.6. The van der Waals surface area contributed by atoms with Crippen molar-refractivity contribution >= 4 is 115 Å². The van der Waals surface area contributed by atoms with Crippen LogP contribution >= 0.6 is 0 Å². The minimum atomic E-state index is -3.77. The highest BCUT2D eigenvalue weighted by Gasteiger charge is 2.54. The average molecular weight is 1430 g/mol. The predicted molar refractivity (Wildman–Crippen MR) is 464 cm³/mol. The molecule has 109 heavy (non-hydrogen) atoms. The normalized spacial score (nSPS) is 17.8. The molecule has 0 saturated heterocycles. The van der Waals surface area contributed by atoms with Crippen LogP contribution in [-0.2, 0) is 37.1 Å². The van der Waals surface area contributed by atoms with Gasteiger partial charge in [-0.05, 0) is 282 Å². The van der Waals surface area contributed by atoms with Gasteiger partial charge in [0, 0.05) is 23.3 Å². The van der Waals surface area contributed by atoms with Crippen molar-refractivity contribution in [3.63, 3.8) is 0 Å². The second-order valence-corrected chi connectivity index (χ2v) is 37.0. The summed E-state index contributed by atoms with van der Waals surface area (Å²) >= 11 is 0. The fraction of sp³-hybridized carbons (Fsp3) is 0.204. The predicted octanol–water partition coefficient (Wildman–Crippen LogP) is 26.7. The number of rotatable bonds is 10. The maximum Gasteiger partial charge on any atom is 0.489 e. The van der Waals surface area contributed by atoms with Crippen LogP contribution in [0.4, 0.5) is 0 Å². The Morgan fingerprint density at radius 1 is 0.394 bits per heavy atom. The molecule has 6 heteroatoms. The lowest BCUT2D eigenvalue weighted by atomic mass is 9.71. The number of hydrogen-bond acceptors (Lipinski definition) is 3. The molecule has 4 nitrogen and oxygen atoms in total. The number of hydrogen-bond donors (Lipinski definition) is 3. The molecule has 0 radical (unpaired) electrons. The summed E-state index contributed by atoms with van der Waals surface area (Å²) in [6.45, 7) is 25.0. The van der Waals surface area contributed by atoms with Crippen molar-refractivity contribution in [2.24, 2.45) is 11.3 Å². The van der Waals surface area contributed by atoms with Crippen LogP contribution < -0.4 is 5.46 Å². The van der Waals surface area contributed by atoms with Crippen molar-refractivity contribution in [2.45, 2.75) is 134 Å². The largest absolute Gasteiger partial charge is 0.489 e. The molecule has 2 aliphatic carbocycles. The Morgan fingerprint density at radius 2 is 0.771 bits per heavy atom. The molecular weight excluding hydrogens is 1340 g/mol. The van der Waals surface area contributed by atoms with Gasteiger partial charge in [-0.15, -0.1) is 0 Å². The summed E-state index contributed by atoms with van der Waals surface area (Å²) in [7, 11) is -5.38. The van der Waals surface area contributed by atoms with Crippen LogP contribution in [-0.4, -0.2) is 21.7 Å². The van der Waals surface area contributed by atoms with E-state index in [9.17, 15) is 14.6 Å². The van der Waals surface area contributed by atoms with E-state index in [2.05, 4.69) is 319 Å². The maximum absolute atomic E-state index is 15.8. The maximum atomic E-state index is 15.8. The van der Waals surface area contributed by atoms with Crippen LogP contribution in [0.15, 0.2) is 277 Å². The Morgan fingerprint density at radius 3 is 1.27 bits per heavy atom. The van der Waals surface area contributed by atoms with Gasteiger partial charge in [0.15, 0.2) is 0 Å². The molecule has 0 amide bonds. The molecule has 1 aliphatic heterocycles. The first kappa shape index (κ1) is 68.9. The fourth-order valence-electron chi connectivity index (χ4n) is 19.3. The third-order valence-corrected chi connectivity index (χ3v) is 27.1. The second-order valence-electron chi connectivity index (χ2n) is 35.1. The number of fused-ring (bicyclic) bond motifs is 12. The zero-order valence-corrected chi connectivity index (χ0v) is 64.9. The van der Waals surface area contributed by atoms with E-state index in [-0.39, 0.29) is 21.7 Å². The van der Waals surface area contributed by atoms with Crippen LogP contribution in [0.3, 0.4) is 0 Å².